The van der Waals surface area contributed by atoms with Gasteiger partial charge in [-0.15, -0.1) is 0 Å². The molecular formula is C20H28N2O6. The molecule has 1 aromatic carbocycles. The number of rotatable bonds is 7. The highest BCUT2D eigenvalue weighted by Crippen LogP contribution is 2.29. The van der Waals surface area contributed by atoms with Gasteiger partial charge < -0.3 is 24.4 Å². The van der Waals surface area contributed by atoms with Gasteiger partial charge in [0.1, 0.15) is 0 Å². The first-order chi connectivity index (χ1) is 13.3. The summed E-state index contributed by atoms with van der Waals surface area (Å²) in [6.07, 6.45) is 0.725. The third kappa shape index (κ3) is 5.61. The molecule has 28 heavy (non-hydrogen) atoms. The first-order valence-corrected chi connectivity index (χ1v) is 9.53. The van der Waals surface area contributed by atoms with Gasteiger partial charge in [0.15, 0.2) is 18.1 Å². The van der Waals surface area contributed by atoms with Crippen LogP contribution in [0.1, 0.15) is 37.6 Å². The molecule has 2 amide bonds. The number of benzene rings is 1. The Balaban J connectivity index is 2.11. The van der Waals surface area contributed by atoms with Crippen molar-refractivity contribution in [2.75, 3.05) is 39.4 Å². The first kappa shape index (κ1) is 21.5. The van der Waals surface area contributed by atoms with E-state index in [2.05, 4.69) is 0 Å². The van der Waals surface area contributed by atoms with Crippen molar-refractivity contribution >= 4 is 17.8 Å². The number of aliphatic carboxylic acids is 1. The van der Waals surface area contributed by atoms with E-state index < -0.39 is 12.6 Å². The Hall–Kier alpha value is -2.77. The average Bonchev–Trinajstić information content (AvgIpc) is 2.92. The second-order valence-electron chi connectivity index (χ2n) is 6.90. The number of hydrogen-bond donors (Lipinski definition) is 1. The third-order valence-corrected chi connectivity index (χ3v) is 4.43. The standard InChI is InChI=1S/C20H28N2O6/c1-4-27-17-12-15(6-7-16(17)28-13-18(23)24)20(26)22-9-5-8-21(10-11-22)19(25)14(2)3/h6-7,12,14H,4-5,8-11,13H2,1-3H3,(H,23,24). The molecule has 0 aromatic heterocycles. The van der Waals surface area contributed by atoms with Crippen molar-refractivity contribution in [1.82, 2.24) is 9.80 Å². The highest BCUT2D eigenvalue weighted by atomic mass is 16.5. The van der Waals surface area contributed by atoms with Crippen molar-refractivity contribution in [1.29, 1.82) is 0 Å². The van der Waals surface area contributed by atoms with Crippen LogP contribution in [0.5, 0.6) is 11.5 Å². The normalized spacial score (nSPS) is 14.6. The van der Waals surface area contributed by atoms with Crippen molar-refractivity contribution in [2.45, 2.75) is 27.2 Å². The lowest BCUT2D eigenvalue weighted by molar-refractivity contribution is -0.139. The van der Waals surface area contributed by atoms with Crippen LogP contribution in [-0.4, -0.2) is 72.1 Å². The van der Waals surface area contributed by atoms with Crippen molar-refractivity contribution in [2.24, 2.45) is 5.92 Å². The molecule has 1 aromatic rings. The molecule has 0 atom stereocenters. The second-order valence-corrected chi connectivity index (χ2v) is 6.90. The van der Waals surface area contributed by atoms with Crippen molar-refractivity contribution in [3.8, 4) is 11.5 Å². The van der Waals surface area contributed by atoms with Gasteiger partial charge in [-0.1, -0.05) is 13.8 Å². The zero-order chi connectivity index (χ0) is 20.7. The molecule has 0 unspecified atom stereocenters. The summed E-state index contributed by atoms with van der Waals surface area (Å²) in [4.78, 5) is 39.4. The zero-order valence-corrected chi connectivity index (χ0v) is 16.6. The molecule has 0 saturated carbocycles. The predicted octanol–water partition coefficient (Wildman–Crippen LogP) is 1.88. The zero-order valence-electron chi connectivity index (χ0n) is 16.6. The summed E-state index contributed by atoms with van der Waals surface area (Å²) in [6.45, 7) is 7.62. The molecule has 1 N–H and O–H groups in total. The predicted molar refractivity (Wildman–Crippen MR) is 103 cm³/mol. The summed E-state index contributed by atoms with van der Waals surface area (Å²) in [6, 6.07) is 4.72. The fraction of sp³-hybridized carbons (Fsp3) is 0.550. The summed E-state index contributed by atoms with van der Waals surface area (Å²) >= 11 is 0. The van der Waals surface area contributed by atoms with Gasteiger partial charge in [0.25, 0.3) is 5.91 Å². The van der Waals surface area contributed by atoms with E-state index in [0.29, 0.717) is 44.1 Å². The second kappa shape index (κ2) is 9.96. The smallest absolute Gasteiger partial charge is 0.341 e. The van der Waals surface area contributed by atoms with Gasteiger partial charge in [0.2, 0.25) is 5.91 Å². The Morgan fingerprint density at radius 1 is 1.04 bits per heavy atom. The average molecular weight is 392 g/mol. The number of carboxylic acid groups (broad SMARTS) is 1. The topological polar surface area (TPSA) is 96.4 Å². The van der Waals surface area contributed by atoms with Gasteiger partial charge in [-0.05, 0) is 31.5 Å². The molecule has 8 heteroatoms. The van der Waals surface area contributed by atoms with Crippen LogP contribution >= 0.6 is 0 Å². The van der Waals surface area contributed by atoms with Gasteiger partial charge >= 0.3 is 5.97 Å². The number of nitrogens with zero attached hydrogens (tertiary/aromatic N) is 2. The number of ether oxygens (including phenoxy) is 2. The Morgan fingerprint density at radius 3 is 2.36 bits per heavy atom. The highest BCUT2D eigenvalue weighted by molar-refractivity contribution is 5.95. The molecule has 0 aliphatic carbocycles. The largest absolute Gasteiger partial charge is 0.490 e. The minimum atomic E-state index is -1.09. The van der Waals surface area contributed by atoms with Crippen LogP contribution in [0, 0.1) is 5.92 Å². The molecule has 1 aliphatic heterocycles. The van der Waals surface area contributed by atoms with E-state index in [4.69, 9.17) is 14.6 Å². The van der Waals surface area contributed by atoms with Crippen molar-refractivity contribution in [3.05, 3.63) is 23.8 Å². The molecule has 0 spiro atoms. The SMILES string of the molecule is CCOc1cc(C(=O)N2CCCN(C(=O)C(C)C)CC2)ccc1OCC(=O)O. The van der Waals surface area contributed by atoms with Gasteiger partial charge in [-0.2, -0.15) is 0 Å². The van der Waals surface area contributed by atoms with E-state index in [-0.39, 0.29) is 23.5 Å². The quantitative estimate of drug-likeness (QED) is 0.761. The van der Waals surface area contributed by atoms with Crippen LogP contribution in [0.2, 0.25) is 0 Å². The van der Waals surface area contributed by atoms with Gasteiger partial charge in [0, 0.05) is 37.7 Å². The maximum absolute atomic E-state index is 12.9. The maximum Gasteiger partial charge on any atom is 0.341 e. The van der Waals surface area contributed by atoms with E-state index >= 15 is 0 Å². The number of carboxylic acids is 1. The fourth-order valence-electron chi connectivity index (χ4n) is 3.06. The van der Waals surface area contributed by atoms with E-state index in [0.717, 1.165) is 6.42 Å². The summed E-state index contributed by atoms with van der Waals surface area (Å²) < 4.78 is 10.7. The van der Waals surface area contributed by atoms with Crippen LogP contribution in [0.25, 0.3) is 0 Å². The molecule has 1 heterocycles. The lowest BCUT2D eigenvalue weighted by Gasteiger charge is -2.23. The van der Waals surface area contributed by atoms with Gasteiger partial charge in [-0.3, -0.25) is 9.59 Å². The Bertz CT molecular complexity index is 719. The molecule has 0 bridgehead atoms. The van der Waals surface area contributed by atoms with E-state index in [1.807, 2.05) is 18.7 Å². The third-order valence-electron chi connectivity index (χ3n) is 4.43. The molecule has 1 aliphatic rings. The van der Waals surface area contributed by atoms with Gasteiger partial charge in [0.05, 0.1) is 6.61 Å². The van der Waals surface area contributed by atoms with Crippen LogP contribution in [0.4, 0.5) is 0 Å². The summed E-state index contributed by atoms with van der Waals surface area (Å²) in [5.41, 5.74) is 0.440. The Labute approximate surface area is 165 Å². The summed E-state index contributed by atoms with van der Waals surface area (Å²) in [5, 5.41) is 8.78. The number of carbonyl (C=O) groups excluding carboxylic acids is 2. The first-order valence-electron chi connectivity index (χ1n) is 9.53. The monoisotopic (exact) mass is 392 g/mol. The number of amides is 2. The molecule has 154 valence electrons. The fourth-order valence-corrected chi connectivity index (χ4v) is 3.06. The molecule has 1 fully saturated rings. The molecule has 1 saturated heterocycles. The van der Waals surface area contributed by atoms with Gasteiger partial charge in [-0.25, -0.2) is 4.79 Å². The van der Waals surface area contributed by atoms with Crippen LogP contribution in [0.15, 0.2) is 18.2 Å². The van der Waals surface area contributed by atoms with Crippen LogP contribution in [0.3, 0.4) is 0 Å². The Kier molecular flexibility index (Phi) is 7.66. The number of carbonyl (C=O) groups is 3. The van der Waals surface area contributed by atoms with E-state index in [1.54, 1.807) is 30.0 Å². The summed E-state index contributed by atoms with van der Waals surface area (Å²) in [7, 11) is 0. The molecular weight excluding hydrogens is 364 g/mol. The van der Waals surface area contributed by atoms with E-state index in [9.17, 15) is 14.4 Å². The minimum absolute atomic E-state index is 0.0608. The van der Waals surface area contributed by atoms with Crippen LogP contribution in [-0.2, 0) is 9.59 Å². The van der Waals surface area contributed by atoms with E-state index in [1.165, 1.54) is 0 Å². The van der Waals surface area contributed by atoms with Crippen LogP contribution < -0.4 is 9.47 Å². The van der Waals surface area contributed by atoms with Crippen molar-refractivity contribution < 1.29 is 29.0 Å². The highest BCUT2D eigenvalue weighted by Gasteiger charge is 2.24. The molecule has 0 radical (unpaired) electrons. The summed E-state index contributed by atoms with van der Waals surface area (Å²) in [5.74, 6) is -0.578. The van der Waals surface area contributed by atoms with Crippen molar-refractivity contribution in [3.63, 3.8) is 0 Å². The molecule has 2 rings (SSSR count). The number of hydrogen-bond acceptors (Lipinski definition) is 5. The Morgan fingerprint density at radius 2 is 1.71 bits per heavy atom. The lowest BCUT2D eigenvalue weighted by Crippen LogP contribution is -2.39. The lowest BCUT2D eigenvalue weighted by atomic mass is 10.1. The minimum Gasteiger partial charge on any atom is -0.490 e. The molecule has 8 nitrogen and oxygen atoms in total. The maximum atomic E-state index is 12.9.